The van der Waals surface area contributed by atoms with Gasteiger partial charge in [-0.25, -0.2) is 0 Å². The molecule has 0 radical (unpaired) electrons. The maximum atomic E-state index is 14.2. The Morgan fingerprint density at radius 2 is 1.44 bits per heavy atom. The fraction of sp³-hybridized carbons (Fsp3) is 0.364. The van der Waals surface area contributed by atoms with Crippen molar-refractivity contribution in [3.63, 3.8) is 0 Å². The SMILES string of the molecule is Cc1cc(C(F)(F)C(F)(F)C(F)(F)C(F)(F)F)ccc1NC(=O)c1cccc(Br)c1C(=O)NC(C)C. The Balaban J connectivity index is 2.42. The highest BCUT2D eigenvalue weighted by atomic mass is 79.9. The van der Waals surface area contributed by atoms with Crippen molar-refractivity contribution in [3.05, 3.63) is 63.1 Å². The summed E-state index contributed by atoms with van der Waals surface area (Å²) in [6, 6.07) is 4.96. The molecule has 0 aromatic heterocycles. The van der Waals surface area contributed by atoms with Crippen molar-refractivity contribution < 1.29 is 49.1 Å². The molecular weight excluding hydrogens is 575 g/mol. The molecule has 0 saturated carbocycles. The van der Waals surface area contributed by atoms with Gasteiger partial charge in [-0.1, -0.05) is 12.1 Å². The zero-order valence-corrected chi connectivity index (χ0v) is 20.2. The number of benzene rings is 2. The van der Waals surface area contributed by atoms with Crippen LogP contribution in [0, 0.1) is 6.92 Å². The lowest BCUT2D eigenvalue weighted by Crippen LogP contribution is -2.59. The van der Waals surface area contributed by atoms with Crippen molar-refractivity contribution in [2.75, 3.05) is 5.32 Å². The van der Waals surface area contributed by atoms with Gasteiger partial charge in [-0.3, -0.25) is 9.59 Å². The number of nitrogens with one attached hydrogen (secondary N) is 2. The van der Waals surface area contributed by atoms with Gasteiger partial charge in [-0.05, 0) is 66.5 Å². The lowest BCUT2D eigenvalue weighted by atomic mass is 9.95. The number of amides is 2. The summed E-state index contributed by atoms with van der Waals surface area (Å²) < 4.78 is 120. The van der Waals surface area contributed by atoms with Gasteiger partial charge in [0.05, 0.1) is 11.1 Å². The average Bonchev–Trinajstić information content (AvgIpc) is 2.73. The summed E-state index contributed by atoms with van der Waals surface area (Å²) in [6.07, 6.45) is -6.94. The van der Waals surface area contributed by atoms with Crippen molar-refractivity contribution in [2.24, 2.45) is 0 Å². The first-order valence-corrected chi connectivity index (χ1v) is 10.8. The molecule has 0 fully saturated rings. The maximum absolute atomic E-state index is 14.2. The molecule has 0 unspecified atom stereocenters. The second-order valence-electron chi connectivity index (χ2n) is 8.00. The minimum Gasteiger partial charge on any atom is -0.350 e. The molecular formula is C22H18BrF9N2O2. The van der Waals surface area contributed by atoms with Crippen molar-refractivity contribution in [1.82, 2.24) is 5.32 Å². The number of rotatable bonds is 7. The summed E-state index contributed by atoms with van der Waals surface area (Å²) in [5.41, 5.74) is -2.66. The van der Waals surface area contributed by atoms with E-state index in [1.54, 1.807) is 13.8 Å². The van der Waals surface area contributed by atoms with Crippen LogP contribution in [0.5, 0.6) is 0 Å². The normalized spacial score (nSPS) is 13.1. The van der Waals surface area contributed by atoms with Crippen LogP contribution in [0.2, 0.25) is 0 Å². The Morgan fingerprint density at radius 1 is 0.861 bits per heavy atom. The van der Waals surface area contributed by atoms with Gasteiger partial charge < -0.3 is 10.6 Å². The lowest BCUT2D eigenvalue weighted by molar-refractivity contribution is -0.399. The molecule has 2 aromatic rings. The number of hydrogen-bond acceptors (Lipinski definition) is 2. The lowest BCUT2D eigenvalue weighted by Gasteiger charge is -2.34. The molecule has 0 heterocycles. The molecule has 0 aliphatic carbocycles. The minimum atomic E-state index is -7.03. The molecule has 36 heavy (non-hydrogen) atoms. The molecule has 198 valence electrons. The van der Waals surface area contributed by atoms with Crippen molar-refractivity contribution in [3.8, 4) is 0 Å². The van der Waals surface area contributed by atoms with Gasteiger partial charge in [-0.15, -0.1) is 0 Å². The Morgan fingerprint density at radius 3 is 1.94 bits per heavy atom. The number of halogens is 10. The predicted octanol–water partition coefficient (Wildman–Crippen LogP) is 7.07. The van der Waals surface area contributed by atoms with E-state index in [2.05, 4.69) is 26.6 Å². The van der Waals surface area contributed by atoms with Crippen LogP contribution in [0.3, 0.4) is 0 Å². The van der Waals surface area contributed by atoms with Gasteiger partial charge in [0, 0.05) is 21.8 Å². The number of carbonyl (C=O) groups is 2. The predicted molar refractivity (Wildman–Crippen MR) is 116 cm³/mol. The van der Waals surface area contributed by atoms with Crippen molar-refractivity contribution >= 4 is 33.4 Å². The van der Waals surface area contributed by atoms with E-state index in [1.165, 1.54) is 18.2 Å². The first-order valence-electron chi connectivity index (χ1n) is 9.97. The first kappa shape index (κ1) is 29.5. The number of hydrogen-bond donors (Lipinski definition) is 2. The van der Waals surface area contributed by atoms with Crippen LogP contribution < -0.4 is 10.6 Å². The summed E-state index contributed by atoms with van der Waals surface area (Å²) >= 11 is 3.15. The van der Waals surface area contributed by atoms with E-state index in [0.29, 0.717) is 6.07 Å². The van der Waals surface area contributed by atoms with Crippen LogP contribution in [0.15, 0.2) is 40.9 Å². The van der Waals surface area contributed by atoms with Crippen LogP contribution in [-0.4, -0.2) is 35.9 Å². The first-order chi connectivity index (χ1) is 16.3. The number of aryl methyl sites for hydroxylation is 1. The third-order valence-electron chi connectivity index (χ3n) is 4.89. The fourth-order valence-corrected chi connectivity index (χ4v) is 3.57. The van der Waals surface area contributed by atoms with Crippen LogP contribution >= 0.6 is 15.9 Å². The van der Waals surface area contributed by atoms with Gasteiger partial charge in [0.1, 0.15) is 0 Å². The summed E-state index contributed by atoms with van der Waals surface area (Å²) in [5.74, 6) is -21.3. The fourth-order valence-electron chi connectivity index (χ4n) is 3.02. The number of carbonyl (C=O) groups excluding carboxylic acids is 2. The average molecular weight is 593 g/mol. The third kappa shape index (κ3) is 5.32. The third-order valence-corrected chi connectivity index (χ3v) is 5.55. The van der Waals surface area contributed by atoms with Gasteiger partial charge in [-0.2, -0.15) is 39.5 Å². The van der Waals surface area contributed by atoms with E-state index in [-0.39, 0.29) is 45.0 Å². The Kier molecular flexibility index (Phi) is 8.14. The van der Waals surface area contributed by atoms with Crippen LogP contribution in [0.4, 0.5) is 45.2 Å². The smallest absolute Gasteiger partial charge is 0.350 e. The number of alkyl halides is 9. The zero-order chi connectivity index (χ0) is 27.9. The molecule has 2 rings (SSSR count). The highest BCUT2D eigenvalue weighted by molar-refractivity contribution is 9.10. The molecule has 0 aliphatic rings. The second-order valence-corrected chi connectivity index (χ2v) is 8.85. The Labute approximate surface area is 207 Å². The highest BCUT2D eigenvalue weighted by Crippen LogP contribution is 2.56. The molecule has 0 saturated heterocycles. The summed E-state index contributed by atoms with van der Waals surface area (Å²) in [7, 11) is 0. The van der Waals surface area contributed by atoms with Crippen molar-refractivity contribution in [2.45, 2.75) is 50.8 Å². The quantitative estimate of drug-likeness (QED) is 0.338. The Bertz CT molecular complexity index is 1160. The molecule has 0 atom stereocenters. The van der Waals surface area contributed by atoms with Gasteiger partial charge in [0.25, 0.3) is 11.8 Å². The number of anilines is 1. The second kappa shape index (κ2) is 9.94. The standard InChI is InChI=1S/C22H18BrF9N2O2/c1-10(2)33-18(36)16-13(5-4-6-14(16)23)17(35)34-15-8-7-12(9-11(15)3)19(24,25)20(26,27)21(28,29)22(30,31)32/h4-10H,1-3H3,(H,33,36)(H,34,35). The minimum absolute atomic E-state index is 0.0708. The van der Waals surface area contributed by atoms with Crippen LogP contribution in [0.1, 0.15) is 45.7 Å². The Hall–Kier alpha value is -2.77. The topological polar surface area (TPSA) is 58.2 Å². The summed E-state index contributed by atoms with van der Waals surface area (Å²) in [5, 5.41) is 4.86. The highest BCUT2D eigenvalue weighted by Gasteiger charge is 2.82. The van der Waals surface area contributed by atoms with E-state index in [9.17, 15) is 49.1 Å². The van der Waals surface area contributed by atoms with E-state index in [1.807, 2.05) is 0 Å². The van der Waals surface area contributed by atoms with Crippen molar-refractivity contribution in [1.29, 1.82) is 0 Å². The summed E-state index contributed by atoms with van der Waals surface area (Å²) in [4.78, 5) is 25.3. The zero-order valence-electron chi connectivity index (χ0n) is 18.6. The van der Waals surface area contributed by atoms with Gasteiger partial charge >= 0.3 is 23.9 Å². The van der Waals surface area contributed by atoms with E-state index in [4.69, 9.17) is 0 Å². The summed E-state index contributed by atoms with van der Waals surface area (Å²) in [6.45, 7) is 4.37. The van der Waals surface area contributed by atoms with E-state index in [0.717, 1.165) is 6.92 Å². The van der Waals surface area contributed by atoms with Gasteiger partial charge in [0.15, 0.2) is 0 Å². The molecule has 0 bridgehead atoms. The van der Waals surface area contributed by atoms with Gasteiger partial charge in [0.2, 0.25) is 0 Å². The molecule has 2 N–H and O–H groups in total. The van der Waals surface area contributed by atoms with Crippen LogP contribution in [-0.2, 0) is 5.92 Å². The van der Waals surface area contributed by atoms with E-state index >= 15 is 0 Å². The molecule has 2 aromatic carbocycles. The largest absolute Gasteiger partial charge is 0.460 e. The monoisotopic (exact) mass is 592 g/mol. The van der Waals surface area contributed by atoms with E-state index < -0.39 is 41.3 Å². The molecule has 14 heteroatoms. The maximum Gasteiger partial charge on any atom is 0.460 e. The molecule has 2 amide bonds. The van der Waals surface area contributed by atoms with Crippen LogP contribution in [0.25, 0.3) is 0 Å². The molecule has 4 nitrogen and oxygen atoms in total. The molecule has 0 aliphatic heterocycles. The molecule has 0 spiro atoms.